The van der Waals surface area contributed by atoms with E-state index in [1.165, 1.54) is 0 Å². The molecule has 0 fully saturated rings. The molecule has 1 aliphatic heterocycles. The number of carbonyl (C=O) groups excluding carboxylic acids is 1. The van der Waals surface area contributed by atoms with E-state index in [1.807, 2.05) is 19.1 Å². The van der Waals surface area contributed by atoms with Crippen LogP contribution in [0.5, 0.6) is 5.75 Å². The van der Waals surface area contributed by atoms with Crippen LogP contribution < -0.4 is 10.1 Å². The van der Waals surface area contributed by atoms with Crippen molar-refractivity contribution in [2.75, 3.05) is 13.2 Å². The van der Waals surface area contributed by atoms with E-state index in [9.17, 15) is 4.79 Å². The Balaban J connectivity index is 2.54. The standard InChI is InChI=1S/C10H11NO2/c1-7-3-2-4-8-9(7)13-6-5-11-10(8)12/h2-4H,5-6H2,1H3,(H,11,12). The SMILES string of the molecule is Cc1cccc2c1OCCNC2=O. The van der Waals surface area contributed by atoms with E-state index >= 15 is 0 Å². The average molecular weight is 177 g/mol. The zero-order chi connectivity index (χ0) is 9.26. The first kappa shape index (κ1) is 8.10. The van der Waals surface area contributed by atoms with Crippen molar-refractivity contribution in [3.8, 4) is 5.75 Å². The van der Waals surface area contributed by atoms with E-state index in [2.05, 4.69) is 5.32 Å². The molecule has 3 heteroatoms. The van der Waals surface area contributed by atoms with Crippen LogP contribution in [-0.4, -0.2) is 19.1 Å². The highest BCUT2D eigenvalue weighted by Crippen LogP contribution is 2.24. The number of para-hydroxylation sites is 1. The third kappa shape index (κ3) is 1.37. The number of ether oxygens (including phenoxy) is 1. The molecule has 0 radical (unpaired) electrons. The molecule has 1 heterocycles. The predicted molar refractivity (Wildman–Crippen MR) is 49.0 cm³/mol. The number of nitrogens with one attached hydrogen (secondary N) is 1. The number of rotatable bonds is 0. The first-order chi connectivity index (χ1) is 6.29. The minimum Gasteiger partial charge on any atom is -0.491 e. The Labute approximate surface area is 76.7 Å². The minimum atomic E-state index is -0.0452. The maximum Gasteiger partial charge on any atom is 0.255 e. The normalized spacial score (nSPS) is 15.3. The first-order valence-corrected chi connectivity index (χ1v) is 4.29. The lowest BCUT2D eigenvalue weighted by atomic mass is 10.1. The molecule has 2 rings (SSSR count). The largest absolute Gasteiger partial charge is 0.491 e. The van der Waals surface area contributed by atoms with Gasteiger partial charge in [0.15, 0.2) is 0 Å². The summed E-state index contributed by atoms with van der Waals surface area (Å²) in [7, 11) is 0. The molecule has 3 nitrogen and oxygen atoms in total. The summed E-state index contributed by atoms with van der Waals surface area (Å²) in [6, 6.07) is 5.59. The van der Waals surface area contributed by atoms with Crippen LogP contribution in [0.25, 0.3) is 0 Å². The summed E-state index contributed by atoms with van der Waals surface area (Å²) >= 11 is 0. The van der Waals surface area contributed by atoms with Gasteiger partial charge in [-0.05, 0) is 18.6 Å². The fraction of sp³-hybridized carbons (Fsp3) is 0.300. The molecule has 1 amide bonds. The van der Waals surface area contributed by atoms with Crippen LogP contribution in [0.4, 0.5) is 0 Å². The van der Waals surface area contributed by atoms with Gasteiger partial charge in [0.05, 0.1) is 12.1 Å². The molecule has 0 bridgehead atoms. The molecule has 0 aliphatic carbocycles. The molecule has 13 heavy (non-hydrogen) atoms. The van der Waals surface area contributed by atoms with Gasteiger partial charge in [-0.15, -0.1) is 0 Å². The van der Waals surface area contributed by atoms with Crippen LogP contribution in [0, 0.1) is 6.92 Å². The van der Waals surface area contributed by atoms with Crippen LogP contribution in [0.2, 0.25) is 0 Å². The molecular formula is C10H11NO2. The molecule has 0 saturated heterocycles. The second-order valence-electron chi connectivity index (χ2n) is 3.06. The number of hydrogen-bond acceptors (Lipinski definition) is 2. The van der Waals surface area contributed by atoms with E-state index in [0.29, 0.717) is 18.7 Å². The fourth-order valence-corrected chi connectivity index (χ4v) is 1.44. The van der Waals surface area contributed by atoms with Crippen LogP contribution in [0.1, 0.15) is 15.9 Å². The molecule has 1 aromatic carbocycles. The monoisotopic (exact) mass is 177 g/mol. The summed E-state index contributed by atoms with van der Waals surface area (Å²) in [5.41, 5.74) is 1.65. The van der Waals surface area contributed by atoms with Gasteiger partial charge in [-0.3, -0.25) is 4.79 Å². The molecule has 0 unspecified atom stereocenters. The van der Waals surface area contributed by atoms with Gasteiger partial charge < -0.3 is 10.1 Å². The van der Waals surface area contributed by atoms with Gasteiger partial charge in [-0.2, -0.15) is 0 Å². The van der Waals surface area contributed by atoms with Crippen molar-refractivity contribution in [3.05, 3.63) is 29.3 Å². The smallest absolute Gasteiger partial charge is 0.255 e. The fourth-order valence-electron chi connectivity index (χ4n) is 1.44. The highest BCUT2D eigenvalue weighted by atomic mass is 16.5. The molecule has 0 saturated carbocycles. The van der Waals surface area contributed by atoms with Crippen molar-refractivity contribution in [2.45, 2.75) is 6.92 Å². The van der Waals surface area contributed by atoms with Gasteiger partial charge in [0.25, 0.3) is 5.91 Å². The summed E-state index contributed by atoms with van der Waals surface area (Å²) in [5, 5.41) is 2.76. The molecule has 1 aliphatic rings. The van der Waals surface area contributed by atoms with E-state index in [0.717, 1.165) is 11.3 Å². The second kappa shape index (κ2) is 3.09. The van der Waals surface area contributed by atoms with E-state index in [4.69, 9.17) is 4.74 Å². The van der Waals surface area contributed by atoms with Crippen molar-refractivity contribution in [2.24, 2.45) is 0 Å². The van der Waals surface area contributed by atoms with Gasteiger partial charge in [0.2, 0.25) is 0 Å². The van der Waals surface area contributed by atoms with E-state index < -0.39 is 0 Å². The molecular weight excluding hydrogens is 166 g/mol. The molecule has 0 atom stereocenters. The minimum absolute atomic E-state index is 0.0452. The van der Waals surface area contributed by atoms with Crippen molar-refractivity contribution in [1.29, 1.82) is 0 Å². The van der Waals surface area contributed by atoms with E-state index in [1.54, 1.807) is 6.07 Å². The van der Waals surface area contributed by atoms with Crippen LogP contribution >= 0.6 is 0 Å². The van der Waals surface area contributed by atoms with E-state index in [-0.39, 0.29) is 5.91 Å². The van der Waals surface area contributed by atoms with Crippen molar-refractivity contribution in [3.63, 3.8) is 0 Å². The lowest BCUT2D eigenvalue weighted by Crippen LogP contribution is -2.24. The number of fused-ring (bicyclic) bond motifs is 1. The number of hydrogen-bond donors (Lipinski definition) is 1. The van der Waals surface area contributed by atoms with Gasteiger partial charge in [-0.1, -0.05) is 12.1 Å². The summed E-state index contributed by atoms with van der Waals surface area (Å²) in [5.74, 6) is 0.675. The topological polar surface area (TPSA) is 38.3 Å². The summed E-state index contributed by atoms with van der Waals surface area (Å²) < 4.78 is 5.47. The van der Waals surface area contributed by atoms with Crippen molar-refractivity contribution in [1.82, 2.24) is 5.32 Å². The van der Waals surface area contributed by atoms with Gasteiger partial charge >= 0.3 is 0 Å². The van der Waals surface area contributed by atoms with Gasteiger partial charge in [0, 0.05) is 0 Å². The molecule has 1 N–H and O–H groups in total. The number of carbonyl (C=O) groups is 1. The van der Waals surface area contributed by atoms with Gasteiger partial charge in [0.1, 0.15) is 12.4 Å². The third-order valence-electron chi connectivity index (χ3n) is 2.09. The van der Waals surface area contributed by atoms with Crippen molar-refractivity contribution < 1.29 is 9.53 Å². The first-order valence-electron chi connectivity index (χ1n) is 4.29. The maximum absolute atomic E-state index is 11.5. The molecule has 68 valence electrons. The lowest BCUT2D eigenvalue weighted by molar-refractivity contribution is 0.0957. The third-order valence-corrected chi connectivity index (χ3v) is 2.09. The number of aryl methyl sites for hydroxylation is 1. The zero-order valence-corrected chi connectivity index (χ0v) is 7.46. The van der Waals surface area contributed by atoms with Crippen LogP contribution in [-0.2, 0) is 0 Å². The molecule has 1 aromatic rings. The number of amides is 1. The second-order valence-corrected chi connectivity index (χ2v) is 3.06. The van der Waals surface area contributed by atoms with Gasteiger partial charge in [-0.25, -0.2) is 0 Å². The molecule has 0 spiro atoms. The highest BCUT2D eigenvalue weighted by Gasteiger charge is 2.16. The maximum atomic E-state index is 11.5. The van der Waals surface area contributed by atoms with Crippen LogP contribution in [0.3, 0.4) is 0 Å². The summed E-state index contributed by atoms with van der Waals surface area (Å²) in [6.07, 6.45) is 0. The quantitative estimate of drug-likeness (QED) is 0.644. The Hall–Kier alpha value is -1.51. The Bertz CT molecular complexity index is 347. The van der Waals surface area contributed by atoms with Crippen molar-refractivity contribution >= 4 is 5.91 Å². The Kier molecular flexibility index (Phi) is 1.93. The predicted octanol–water partition coefficient (Wildman–Crippen LogP) is 1.12. The summed E-state index contributed by atoms with van der Waals surface area (Å²) in [6.45, 7) is 3.06. The average Bonchev–Trinajstić information content (AvgIpc) is 2.30. The number of benzene rings is 1. The zero-order valence-electron chi connectivity index (χ0n) is 7.46. The highest BCUT2D eigenvalue weighted by molar-refractivity contribution is 5.97. The lowest BCUT2D eigenvalue weighted by Gasteiger charge is -2.07. The summed E-state index contributed by atoms with van der Waals surface area (Å²) in [4.78, 5) is 11.5. The Morgan fingerprint density at radius 1 is 1.46 bits per heavy atom. The molecule has 0 aromatic heterocycles. The Morgan fingerprint density at radius 2 is 2.31 bits per heavy atom. The Morgan fingerprint density at radius 3 is 3.15 bits per heavy atom. The van der Waals surface area contributed by atoms with Crippen LogP contribution in [0.15, 0.2) is 18.2 Å².